The molecule has 1 aliphatic rings. The number of rotatable bonds is 7. The third-order valence-corrected chi connectivity index (χ3v) is 8.57. The molecule has 190 valence electrons. The monoisotopic (exact) mass is 527 g/mol. The number of ether oxygens (including phenoxy) is 1. The highest BCUT2D eigenvalue weighted by molar-refractivity contribution is 7.93. The topological polar surface area (TPSA) is 70.2 Å². The second-order valence-electron chi connectivity index (χ2n) is 8.80. The van der Waals surface area contributed by atoms with Gasteiger partial charge in [-0.05, 0) is 61.4 Å². The van der Waals surface area contributed by atoms with Gasteiger partial charge in [0, 0.05) is 36.9 Å². The van der Waals surface area contributed by atoms with Crippen LogP contribution in [0.3, 0.4) is 0 Å². The first-order valence-corrected chi connectivity index (χ1v) is 13.5. The van der Waals surface area contributed by atoms with E-state index >= 15 is 0 Å². The fraction of sp³-hybridized carbons (Fsp3) is 0.296. The van der Waals surface area contributed by atoms with Crippen molar-refractivity contribution < 1.29 is 17.9 Å². The van der Waals surface area contributed by atoms with Crippen LogP contribution in [0.15, 0.2) is 71.6 Å². The van der Waals surface area contributed by atoms with Gasteiger partial charge in [-0.15, -0.1) is 0 Å². The second kappa shape index (κ2) is 10.8. The van der Waals surface area contributed by atoms with Gasteiger partial charge in [0.2, 0.25) is 5.91 Å². The molecule has 7 nitrogen and oxygen atoms in total. The lowest BCUT2D eigenvalue weighted by molar-refractivity contribution is -0.129. The van der Waals surface area contributed by atoms with Gasteiger partial charge in [-0.1, -0.05) is 41.9 Å². The van der Waals surface area contributed by atoms with Gasteiger partial charge in [-0.25, -0.2) is 8.42 Å². The first kappa shape index (κ1) is 25.9. The average molecular weight is 528 g/mol. The van der Waals surface area contributed by atoms with Crippen molar-refractivity contribution >= 4 is 38.9 Å². The van der Waals surface area contributed by atoms with Gasteiger partial charge in [0.25, 0.3) is 10.0 Å². The molecule has 1 heterocycles. The standard InChI is InChI=1S/C27H30ClN3O4S/c1-20-9-12-25(35-3)26(17-20)36(33,34)31(23-11-10-21(2)24(28)18-23)19-27(32)30-15-13-29(14-16-30)22-7-5-4-6-8-22/h4-12,17-18H,13-16,19H2,1-3H3. The molecule has 0 unspecified atom stereocenters. The summed E-state index contributed by atoms with van der Waals surface area (Å²) in [5, 5.41) is 0.424. The minimum Gasteiger partial charge on any atom is -0.495 e. The van der Waals surface area contributed by atoms with Crippen LogP contribution < -0.4 is 13.9 Å². The molecule has 0 saturated carbocycles. The molecule has 0 bridgehead atoms. The molecule has 0 spiro atoms. The van der Waals surface area contributed by atoms with Gasteiger partial charge in [-0.3, -0.25) is 9.10 Å². The van der Waals surface area contributed by atoms with Crippen molar-refractivity contribution in [3.63, 3.8) is 0 Å². The van der Waals surface area contributed by atoms with Crippen LogP contribution in [0.1, 0.15) is 11.1 Å². The number of amides is 1. The molecular formula is C27H30ClN3O4S. The third kappa shape index (κ3) is 5.44. The predicted octanol–water partition coefficient (Wildman–Crippen LogP) is 4.51. The Morgan fingerprint density at radius 2 is 1.67 bits per heavy atom. The van der Waals surface area contributed by atoms with Crippen molar-refractivity contribution in [1.29, 1.82) is 0 Å². The van der Waals surface area contributed by atoms with Crippen molar-refractivity contribution in [1.82, 2.24) is 4.90 Å². The first-order chi connectivity index (χ1) is 17.2. The Balaban J connectivity index is 1.62. The summed E-state index contributed by atoms with van der Waals surface area (Å²) in [5.74, 6) is -0.0534. The summed E-state index contributed by atoms with van der Waals surface area (Å²) in [6.07, 6.45) is 0. The van der Waals surface area contributed by atoms with Gasteiger partial charge in [0.15, 0.2) is 0 Å². The summed E-state index contributed by atoms with van der Waals surface area (Å²) < 4.78 is 34.4. The Hall–Kier alpha value is -3.23. The van der Waals surface area contributed by atoms with E-state index in [1.54, 1.807) is 41.3 Å². The second-order valence-corrected chi connectivity index (χ2v) is 11.0. The lowest BCUT2D eigenvalue weighted by atomic mass is 10.2. The van der Waals surface area contributed by atoms with Crippen molar-refractivity contribution in [3.05, 3.63) is 82.9 Å². The first-order valence-electron chi connectivity index (χ1n) is 11.7. The number of para-hydroxylation sites is 1. The van der Waals surface area contributed by atoms with Gasteiger partial charge in [0.05, 0.1) is 12.8 Å². The van der Waals surface area contributed by atoms with Crippen LogP contribution in [0.4, 0.5) is 11.4 Å². The Morgan fingerprint density at radius 3 is 2.31 bits per heavy atom. The maximum Gasteiger partial charge on any atom is 0.268 e. The highest BCUT2D eigenvalue weighted by Gasteiger charge is 2.32. The van der Waals surface area contributed by atoms with E-state index in [1.165, 1.54) is 7.11 Å². The molecule has 1 amide bonds. The molecule has 1 fully saturated rings. The minimum absolute atomic E-state index is 0.00314. The normalized spacial score (nSPS) is 14.0. The maximum atomic E-state index is 13.9. The van der Waals surface area contributed by atoms with E-state index in [2.05, 4.69) is 4.90 Å². The number of carbonyl (C=O) groups is 1. The summed E-state index contributed by atoms with van der Waals surface area (Å²) in [6.45, 7) is 5.65. The Labute approximate surface area is 217 Å². The van der Waals surface area contributed by atoms with Crippen LogP contribution in [-0.4, -0.2) is 59.1 Å². The Bertz CT molecular complexity index is 1340. The molecule has 1 aliphatic heterocycles. The predicted molar refractivity (Wildman–Crippen MR) is 144 cm³/mol. The minimum atomic E-state index is -4.14. The zero-order chi connectivity index (χ0) is 25.9. The highest BCUT2D eigenvalue weighted by atomic mass is 35.5. The number of hydrogen-bond acceptors (Lipinski definition) is 5. The smallest absolute Gasteiger partial charge is 0.268 e. The van der Waals surface area contributed by atoms with Crippen LogP contribution in [0.2, 0.25) is 5.02 Å². The molecule has 0 radical (unpaired) electrons. The van der Waals surface area contributed by atoms with E-state index in [9.17, 15) is 13.2 Å². The van der Waals surface area contributed by atoms with E-state index in [0.29, 0.717) is 36.9 Å². The van der Waals surface area contributed by atoms with Crippen molar-refractivity contribution in [3.8, 4) is 5.75 Å². The van der Waals surface area contributed by atoms with Crippen molar-refractivity contribution in [2.75, 3.05) is 49.0 Å². The van der Waals surface area contributed by atoms with E-state index < -0.39 is 10.0 Å². The van der Waals surface area contributed by atoms with Crippen LogP contribution in [0.25, 0.3) is 0 Å². The van der Waals surface area contributed by atoms with Gasteiger partial charge in [-0.2, -0.15) is 0 Å². The van der Waals surface area contributed by atoms with E-state index in [4.69, 9.17) is 16.3 Å². The van der Waals surface area contributed by atoms with Gasteiger partial charge < -0.3 is 14.5 Å². The summed E-state index contributed by atoms with van der Waals surface area (Å²) in [6, 6.07) is 20.0. The third-order valence-electron chi connectivity index (χ3n) is 6.36. The van der Waals surface area contributed by atoms with Crippen molar-refractivity contribution in [2.24, 2.45) is 0 Å². The number of carbonyl (C=O) groups excluding carboxylic acids is 1. The quantitative estimate of drug-likeness (QED) is 0.452. The van der Waals surface area contributed by atoms with Crippen molar-refractivity contribution in [2.45, 2.75) is 18.7 Å². The average Bonchev–Trinajstić information content (AvgIpc) is 2.89. The summed E-state index contributed by atoms with van der Waals surface area (Å²) in [5.41, 5.74) is 3.01. The van der Waals surface area contributed by atoms with Crippen LogP contribution in [0, 0.1) is 13.8 Å². The Morgan fingerprint density at radius 1 is 0.972 bits per heavy atom. The fourth-order valence-corrected chi connectivity index (χ4v) is 6.06. The maximum absolute atomic E-state index is 13.9. The fourth-order valence-electron chi connectivity index (χ4n) is 4.23. The van der Waals surface area contributed by atoms with E-state index in [0.717, 1.165) is 21.1 Å². The molecule has 1 saturated heterocycles. The lowest BCUT2D eigenvalue weighted by Crippen LogP contribution is -2.52. The number of benzene rings is 3. The highest BCUT2D eigenvalue weighted by Crippen LogP contribution is 2.33. The molecule has 0 N–H and O–H groups in total. The SMILES string of the molecule is COc1ccc(C)cc1S(=O)(=O)N(CC(=O)N1CCN(c2ccccc2)CC1)c1ccc(C)c(Cl)c1. The van der Waals surface area contributed by atoms with Crippen LogP contribution in [0.5, 0.6) is 5.75 Å². The van der Waals surface area contributed by atoms with Crippen LogP contribution >= 0.6 is 11.6 Å². The number of sulfonamides is 1. The van der Waals surface area contributed by atoms with E-state index in [-0.39, 0.29) is 23.1 Å². The molecule has 4 rings (SSSR count). The molecule has 0 atom stereocenters. The summed E-state index contributed by atoms with van der Waals surface area (Å²) in [4.78, 5) is 17.3. The number of hydrogen-bond donors (Lipinski definition) is 0. The molecular weight excluding hydrogens is 498 g/mol. The zero-order valence-electron chi connectivity index (χ0n) is 20.6. The summed E-state index contributed by atoms with van der Waals surface area (Å²) in [7, 11) is -2.72. The molecule has 3 aromatic rings. The molecule has 36 heavy (non-hydrogen) atoms. The van der Waals surface area contributed by atoms with Gasteiger partial charge >= 0.3 is 0 Å². The number of nitrogens with zero attached hydrogens (tertiary/aromatic N) is 3. The molecule has 0 aliphatic carbocycles. The number of methoxy groups -OCH3 is 1. The van der Waals surface area contributed by atoms with Crippen LogP contribution in [-0.2, 0) is 14.8 Å². The number of aryl methyl sites for hydroxylation is 2. The molecule has 0 aromatic heterocycles. The lowest BCUT2D eigenvalue weighted by Gasteiger charge is -2.37. The molecule has 3 aromatic carbocycles. The molecule has 9 heteroatoms. The number of anilines is 2. The number of halogens is 1. The Kier molecular flexibility index (Phi) is 7.76. The number of piperazine rings is 1. The summed E-state index contributed by atoms with van der Waals surface area (Å²) >= 11 is 6.35. The largest absolute Gasteiger partial charge is 0.495 e. The van der Waals surface area contributed by atoms with Gasteiger partial charge in [0.1, 0.15) is 17.2 Å². The zero-order valence-corrected chi connectivity index (χ0v) is 22.2. The van der Waals surface area contributed by atoms with E-state index in [1.807, 2.05) is 44.2 Å².